The second-order valence-corrected chi connectivity index (χ2v) is 7.35. The molecule has 0 radical (unpaired) electrons. The summed E-state index contributed by atoms with van der Waals surface area (Å²) in [5.74, 6) is -0.274. The van der Waals surface area contributed by atoms with Gasteiger partial charge < -0.3 is 11.1 Å². The molecular formula is C17H18ClN3O2S. The molecular weight excluding hydrogens is 346 g/mol. The zero-order valence-electron chi connectivity index (χ0n) is 13.3. The van der Waals surface area contributed by atoms with E-state index >= 15 is 0 Å². The fourth-order valence-corrected chi connectivity index (χ4v) is 4.64. The topological polar surface area (TPSA) is 85.1 Å². The van der Waals surface area contributed by atoms with Gasteiger partial charge in [0.2, 0.25) is 0 Å². The van der Waals surface area contributed by atoms with E-state index in [4.69, 9.17) is 17.3 Å². The standard InChI is InChI=1S/C17H18ClN3O2S/c1-2-9-5-6-10-12(8-9)24-17(13(10)15(19)22)21-16(23)11-4-3-7-20-14(11)18/h3-4,7,9H,2,5-6,8H2,1H3,(H2,19,22)(H,21,23)/t9-/m0/s1. The molecule has 0 aromatic carbocycles. The van der Waals surface area contributed by atoms with E-state index in [0.29, 0.717) is 16.5 Å². The van der Waals surface area contributed by atoms with Crippen LogP contribution in [0.15, 0.2) is 18.3 Å². The third kappa shape index (κ3) is 3.16. The highest BCUT2D eigenvalue weighted by Gasteiger charge is 2.28. The molecule has 2 heterocycles. The number of nitrogens with one attached hydrogen (secondary N) is 1. The Morgan fingerprint density at radius 1 is 1.50 bits per heavy atom. The summed E-state index contributed by atoms with van der Waals surface area (Å²) >= 11 is 7.41. The van der Waals surface area contributed by atoms with E-state index in [1.807, 2.05) is 0 Å². The SMILES string of the molecule is CC[C@H]1CCc2c(sc(NC(=O)c3cccnc3Cl)c2C(N)=O)C1. The lowest BCUT2D eigenvalue weighted by Gasteiger charge is -2.20. The first-order chi connectivity index (χ1) is 11.5. The highest BCUT2D eigenvalue weighted by molar-refractivity contribution is 7.17. The van der Waals surface area contributed by atoms with Crippen LogP contribution in [0.25, 0.3) is 0 Å². The predicted molar refractivity (Wildman–Crippen MR) is 95.8 cm³/mol. The molecule has 0 spiro atoms. The normalized spacial score (nSPS) is 16.5. The van der Waals surface area contributed by atoms with E-state index in [-0.39, 0.29) is 16.6 Å². The Labute approximate surface area is 149 Å². The van der Waals surface area contributed by atoms with Crippen molar-refractivity contribution in [1.82, 2.24) is 4.98 Å². The molecule has 0 saturated carbocycles. The maximum absolute atomic E-state index is 12.5. The summed E-state index contributed by atoms with van der Waals surface area (Å²) in [6.45, 7) is 2.17. The number of amides is 2. The van der Waals surface area contributed by atoms with Gasteiger partial charge in [0.25, 0.3) is 11.8 Å². The Bertz CT molecular complexity index is 803. The molecule has 2 amide bonds. The summed E-state index contributed by atoms with van der Waals surface area (Å²) in [4.78, 5) is 29.4. The minimum atomic E-state index is -0.505. The monoisotopic (exact) mass is 363 g/mol. The van der Waals surface area contributed by atoms with E-state index in [1.165, 1.54) is 17.5 Å². The Morgan fingerprint density at radius 3 is 2.96 bits per heavy atom. The quantitative estimate of drug-likeness (QED) is 0.813. The van der Waals surface area contributed by atoms with Crippen LogP contribution in [0.5, 0.6) is 0 Å². The van der Waals surface area contributed by atoms with E-state index in [0.717, 1.165) is 36.1 Å². The molecule has 24 heavy (non-hydrogen) atoms. The van der Waals surface area contributed by atoms with Crippen LogP contribution >= 0.6 is 22.9 Å². The van der Waals surface area contributed by atoms with Gasteiger partial charge in [0.1, 0.15) is 10.2 Å². The Hall–Kier alpha value is -1.92. The largest absolute Gasteiger partial charge is 0.365 e. The molecule has 5 nitrogen and oxygen atoms in total. The number of hydrogen-bond acceptors (Lipinski definition) is 4. The molecule has 0 aliphatic heterocycles. The van der Waals surface area contributed by atoms with Crippen molar-refractivity contribution in [2.75, 3.05) is 5.32 Å². The molecule has 0 unspecified atom stereocenters. The lowest BCUT2D eigenvalue weighted by Crippen LogP contribution is -2.20. The molecule has 7 heteroatoms. The molecule has 2 aromatic heterocycles. The first-order valence-corrected chi connectivity index (χ1v) is 9.06. The Kier molecular flexibility index (Phi) is 4.87. The molecule has 3 rings (SSSR count). The molecule has 1 aliphatic rings. The molecule has 0 bridgehead atoms. The van der Waals surface area contributed by atoms with Crippen LogP contribution in [0.4, 0.5) is 5.00 Å². The summed E-state index contributed by atoms with van der Waals surface area (Å²) in [6.07, 6.45) is 5.42. The lowest BCUT2D eigenvalue weighted by molar-refractivity contribution is 0.1000. The van der Waals surface area contributed by atoms with Crippen LogP contribution in [-0.2, 0) is 12.8 Å². The third-order valence-corrected chi connectivity index (χ3v) is 5.89. The van der Waals surface area contributed by atoms with Crippen molar-refractivity contribution in [1.29, 1.82) is 0 Å². The molecule has 2 aromatic rings. The maximum atomic E-state index is 12.5. The number of primary amides is 1. The number of fused-ring (bicyclic) bond motifs is 1. The van der Waals surface area contributed by atoms with Crippen LogP contribution in [0.3, 0.4) is 0 Å². The third-order valence-electron chi connectivity index (χ3n) is 4.42. The van der Waals surface area contributed by atoms with Gasteiger partial charge >= 0.3 is 0 Å². The number of thiophene rings is 1. The molecule has 1 atom stereocenters. The molecule has 1 aliphatic carbocycles. The Balaban J connectivity index is 1.94. The van der Waals surface area contributed by atoms with Crippen molar-refractivity contribution in [2.45, 2.75) is 32.6 Å². The van der Waals surface area contributed by atoms with E-state index < -0.39 is 5.91 Å². The summed E-state index contributed by atoms with van der Waals surface area (Å²) in [5.41, 5.74) is 7.28. The van der Waals surface area contributed by atoms with Gasteiger partial charge in [-0.15, -0.1) is 11.3 Å². The number of pyridine rings is 1. The number of halogens is 1. The van der Waals surface area contributed by atoms with Crippen molar-refractivity contribution < 1.29 is 9.59 Å². The number of nitrogens with two attached hydrogens (primary N) is 1. The van der Waals surface area contributed by atoms with Crippen LogP contribution in [0, 0.1) is 5.92 Å². The average molecular weight is 364 g/mol. The fraction of sp³-hybridized carbons (Fsp3) is 0.353. The maximum Gasteiger partial charge on any atom is 0.259 e. The van der Waals surface area contributed by atoms with Gasteiger partial charge in [0, 0.05) is 11.1 Å². The smallest absolute Gasteiger partial charge is 0.259 e. The molecule has 0 saturated heterocycles. The summed E-state index contributed by atoms with van der Waals surface area (Å²) in [5, 5.41) is 3.43. The zero-order chi connectivity index (χ0) is 17.3. The summed E-state index contributed by atoms with van der Waals surface area (Å²) in [7, 11) is 0. The number of hydrogen-bond donors (Lipinski definition) is 2. The molecule has 126 valence electrons. The average Bonchev–Trinajstić information content (AvgIpc) is 2.91. The van der Waals surface area contributed by atoms with Crippen molar-refractivity contribution >= 4 is 39.8 Å². The highest BCUT2D eigenvalue weighted by Crippen LogP contribution is 2.40. The van der Waals surface area contributed by atoms with E-state index in [1.54, 1.807) is 12.1 Å². The lowest BCUT2D eigenvalue weighted by atomic mass is 9.85. The first-order valence-electron chi connectivity index (χ1n) is 7.87. The number of carbonyl (C=O) groups is 2. The zero-order valence-corrected chi connectivity index (χ0v) is 14.8. The number of nitrogens with zero attached hydrogens (tertiary/aromatic N) is 1. The van der Waals surface area contributed by atoms with Crippen LogP contribution in [-0.4, -0.2) is 16.8 Å². The van der Waals surface area contributed by atoms with Crippen LogP contribution in [0.1, 0.15) is 50.9 Å². The molecule has 3 N–H and O–H groups in total. The van der Waals surface area contributed by atoms with Gasteiger partial charge in [0.05, 0.1) is 11.1 Å². The second-order valence-electron chi connectivity index (χ2n) is 5.89. The van der Waals surface area contributed by atoms with E-state index in [9.17, 15) is 9.59 Å². The summed E-state index contributed by atoms with van der Waals surface area (Å²) in [6, 6.07) is 3.23. The molecule has 0 fully saturated rings. The number of aromatic nitrogens is 1. The number of rotatable bonds is 4. The minimum absolute atomic E-state index is 0.128. The minimum Gasteiger partial charge on any atom is -0.365 e. The van der Waals surface area contributed by atoms with Gasteiger partial charge in [0.15, 0.2) is 0 Å². The second kappa shape index (κ2) is 6.91. The number of anilines is 1. The first kappa shape index (κ1) is 16.9. The van der Waals surface area contributed by atoms with Gasteiger partial charge in [-0.3, -0.25) is 9.59 Å². The van der Waals surface area contributed by atoms with Crippen LogP contribution < -0.4 is 11.1 Å². The predicted octanol–water partition coefficient (Wildman–Crippen LogP) is 3.66. The van der Waals surface area contributed by atoms with Crippen LogP contribution in [0.2, 0.25) is 5.15 Å². The summed E-state index contributed by atoms with van der Waals surface area (Å²) < 4.78 is 0. The van der Waals surface area contributed by atoms with Gasteiger partial charge in [-0.05, 0) is 42.9 Å². The van der Waals surface area contributed by atoms with Gasteiger partial charge in [-0.25, -0.2) is 4.98 Å². The fourth-order valence-electron chi connectivity index (χ4n) is 3.08. The van der Waals surface area contributed by atoms with Crippen molar-refractivity contribution in [3.8, 4) is 0 Å². The van der Waals surface area contributed by atoms with Crippen molar-refractivity contribution in [2.24, 2.45) is 11.7 Å². The van der Waals surface area contributed by atoms with Crippen molar-refractivity contribution in [3.63, 3.8) is 0 Å². The van der Waals surface area contributed by atoms with Gasteiger partial charge in [-0.2, -0.15) is 0 Å². The van der Waals surface area contributed by atoms with E-state index in [2.05, 4.69) is 17.2 Å². The highest BCUT2D eigenvalue weighted by atomic mass is 35.5. The van der Waals surface area contributed by atoms with Crippen molar-refractivity contribution in [3.05, 3.63) is 45.1 Å². The number of carbonyl (C=O) groups excluding carboxylic acids is 2. The Morgan fingerprint density at radius 2 is 2.29 bits per heavy atom. The van der Waals surface area contributed by atoms with Gasteiger partial charge in [-0.1, -0.05) is 24.9 Å².